The number of fused-ring (bicyclic) bond motifs is 2. The van der Waals surface area contributed by atoms with Crippen molar-refractivity contribution < 1.29 is 0 Å². The first kappa shape index (κ1) is 17.8. The molecular weight excluding hydrogens is 362 g/mol. The second-order valence-corrected chi connectivity index (χ2v) is 8.79. The Labute approximate surface area is 177 Å². The lowest BCUT2D eigenvalue weighted by Gasteiger charge is -2.26. The molecule has 0 saturated heterocycles. The molecule has 0 spiro atoms. The molecule has 0 radical (unpaired) electrons. The summed E-state index contributed by atoms with van der Waals surface area (Å²) >= 11 is 0. The van der Waals surface area contributed by atoms with E-state index in [1.54, 1.807) is 0 Å². The molecule has 1 fully saturated rings. The van der Waals surface area contributed by atoms with Gasteiger partial charge in [0, 0.05) is 28.1 Å². The minimum Gasteiger partial charge on any atom is -0.337 e. The van der Waals surface area contributed by atoms with Crippen molar-refractivity contribution in [3.05, 3.63) is 72.4 Å². The maximum Gasteiger partial charge on any atom is 0.0574 e. The Morgan fingerprint density at radius 1 is 0.867 bits per heavy atom. The van der Waals surface area contributed by atoms with Crippen LogP contribution in [-0.4, -0.2) is 4.57 Å². The van der Waals surface area contributed by atoms with Gasteiger partial charge in [-0.15, -0.1) is 0 Å². The summed E-state index contributed by atoms with van der Waals surface area (Å²) in [6.45, 7) is 6.35. The summed E-state index contributed by atoms with van der Waals surface area (Å²) in [6, 6.07) is 18.9. The third-order valence-corrected chi connectivity index (χ3v) is 7.15. The van der Waals surface area contributed by atoms with Crippen molar-refractivity contribution in [3.63, 3.8) is 0 Å². The minimum atomic E-state index is 0.562. The summed E-state index contributed by atoms with van der Waals surface area (Å²) < 4.78 is 2.64. The van der Waals surface area contributed by atoms with Crippen LogP contribution in [0, 0.1) is 0 Å². The molecule has 6 rings (SSSR count). The fourth-order valence-corrected chi connectivity index (χ4v) is 5.92. The van der Waals surface area contributed by atoms with Gasteiger partial charge in [-0.1, -0.05) is 80.5 Å². The highest BCUT2D eigenvalue weighted by Crippen LogP contribution is 2.44. The van der Waals surface area contributed by atoms with Crippen LogP contribution in [-0.2, 0) is 0 Å². The van der Waals surface area contributed by atoms with Crippen LogP contribution in [0.1, 0.15) is 56.3 Å². The van der Waals surface area contributed by atoms with Crippen LogP contribution in [0.3, 0.4) is 0 Å². The Morgan fingerprint density at radius 3 is 2.33 bits per heavy atom. The highest BCUT2D eigenvalue weighted by atomic mass is 15.0. The van der Waals surface area contributed by atoms with E-state index < -0.39 is 0 Å². The number of nitrogens with zero attached hydrogens (tertiary/aromatic N) is 1. The van der Waals surface area contributed by atoms with Gasteiger partial charge in [0.15, 0.2) is 0 Å². The topological polar surface area (TPSA) is 4.93 Å². The second kappa shape index (κ2) is 6.74. The Morgan fingerprint density at radius 2 is 1.60 bits per heavy atom. The molecule has 30 heavy (non-hydrogen) atoms. The van der Waals surface area contributed by atoms with E-state index in [4.69, 9.17) is 0 Å². The van der Waals surface area contributed by atoms with Gasteiger partial charge in [0.1, 0.15) is 0 Å². The predicted molar refractivity (Wildman–Crippen MR) is 133 cm³/mol. The van der Waals surface area contributed by atoms with E-state index in [0.29, 0.717) is 6.04 Å². The average Bonchev–Trinajstić information content (AvgIpc) is 3.11. The zero-order chi connectivity index (χ0) is 20.2. The number of hydrogen-bond acceptors (Lipinski definition) is 0. The van der Waals surface area contributed by atoms with Crippen LogP contribution >= 0.6 is 0 Å². The summed E-state index contributed by atoms with van der Waals surface area (Å²) in [5.41, 5.74) is 4.00. The molecule has 1 aliphatic rings. The third-order valence-electron chi connectivity index (χ3n) is 7.15. The lowest BCUT2D eigenvalue weighted by molar-refractivity contribution is 0.360. The molecule has 0 unspecified atom stereocenters. The van der Waals surface area contributed by atoms with E-state index in [0.717, 1.165) is 0 Å². The number of allylic oxidation sites excluding steroid dienone is 1. The van der Waals surface area contributed by atoms with Gasteiger partial charge in [-0.25, -0.2) is 0 Å². The maximum absolute atomic E-state index is 4.24. The normalized spacial score (nSPS) is 16.0. The molecule has 1 nitrogen and oxygen atoms in total. The highest BCUT2D eigenvalue weighted by Gasteiger charge is 2.24. The number of benzene rings is 4. The number of rotatable bonds is 3. The molecule has 1 aromatic heterocycles. The molecule has 0 bridgehead atoms. The van der Waals surface area contributed by atoms with Crippen LogP contribution in [0.15, 0.2) is 61.2 Å². The molecule has 1 saturated carbocycles. The van der Waals surface area contributed by atoms with Crippen LogP contribution in [0.25, 0.3) is 55.4 Å². The van der Waals surface area contributed by atoms with Crippen molar-refractivity contribution in [1.82, 2.24) is 4.57 Å². The van der Waals surface area contributed by atoms with Crippen LogP contribution in [0.4, 0.5) is 0 Å². The monoisotopic (exact) mass is 389 g/mol. The van der Waals surface area contributed by atoms with Crippen molar-refractivity contribution in [1.29, 1.82) is 0 Å². The summed E-state index contributed by atoms with van der Waals surface area (Å²) in [5, 5.41) is 9.56. The first-order valence-corrected chi connectivity index (χ1v) is 11.3. The lowest BCUT2D eigenvalue weighted by Crippen LogP contribution is -2.14. The summed E-state index contributed by atoms with van der Waals surface area (Å²) in [5.74, 6) is 0. The molecule has 0 amide bonds. The molecule has 4 aromatic carbocycles. The molecule has 0 atom stereocenters. The van der Waals surface area contributed by atoms with Crippen LogP contribution in [0.2, 0.25) is 0 Å². The summed E-state index contributed by atoms with van der Waals surface area (Å²) in [7, 11) is 0. The van der Waals surface area contributed by atoms with E-state index in [-0.39, 0.29) is 0 Å². The van der Waals surface area contributed by atoms with E-state index in [9.17, 15) is 0 Å². The molecule has 1 aliphatic carbocycles. The summed E-state index contributed by atoms with van der Waals surface area (Å²) in [6.07, 6.45) is 13.1. The average molecular weight is 390 g/mol. The van der Waals surface area contributed by atoms with E-state index >= 15 is 0 Å². The fourth-order valence-electron chi connectivity index (χ4n) is 5.92. The van der Waals surface area contributed by atoms with Gasteiger partial charge in [0.05, 0.1) is 5.52 Å². The van der Waals surface area contributed by atoms with Crippen LogP contribution < -0.4 is 0 Å². The molecule has 1 heterocycles. The van der Waals surface area contributed by atoms with Gasteiger partial charge >= 0.3 is 0 Å². The van der Waals surface area contributed by atoms with Gasteiger partial charge in [-0.3, -0.25) is 0 Å². The Hall–Kier alpha value is -3.06. The molecule has 1 heteroatoms. The van der Waals surface area contributed by atoms with Crippen molar-refractivity contribution >= 4 is 55.4 Å². The van der Waals surface area contributed by atoms with Crippen molar-refractivity contribution in [2.24, 2.45) is 0 Å². The van der Waals surface area contributed by atoms with E-state index in [1.165, 1.54) is 86.6 Å². The fraction of sp³-hybridized carbons (Fsp3) is 0.241. The third kappa shape index (κ3) is 2.35. The molecule has 0 N–H and O–H groups in total. The molecule has 148 valence electrons. The van der Waals surface area contributed by atoms with Gasteiger partial charge in [0.2, 0.25) is 0 Å². The van der Waals surface area contributed by atoms with Gasteiger partial charge in [0.25, 0.3) is 0 Å². The van der Waals surface area contributed by atoms with E-state index in [1.807, 2.05) is 0 Å². The first-order chi connectivity index (χ1) is 14.8. The largest absolute Gasteiger partial charge is 0.337 e. The lowest BCUT2D eigenvalue weighted by atomic mass is 9.91. The standard InChI is InChI=1S/C29H27N/c1-3-9-23-25-18-21-15-14-19-10-8-11-20-16-17-24(28(21)27(19)20)29(25)30(26(23)4-2)22-12-6-5-7-13-22/h3-4,8-11,14-18,22H,2,5-7,12-13H2,1H3/b9-3-. The zero-order valence-electron chi connectivity index (χ0n) is 17.6. The molecule has 5 aromatic rings. The predicted octanol–water partition coefficient (Wildman–Crippen LogP) is 8.72. The SMILES string of the molecule is C=Cc1c(/C=C\C)c2cc3ccc4cccc5ccc(c3c45)c2n1C1CCCCC1. The Balaban J connectivity index is 1.85. The number of aromatic nitrogens is 1. The second-order valence-electron chi connectivity index (χ2n) is 8.79. The summed E-state index contributed by atoms with van der Waals surface area (Å²) in [4.78, 5) is 0. The van der Waals surface area contributed by atoms with Crippen molar-refractivity contribution in [3.8, 4) is 0 Å². The smallest absolute Gasteiger partial charge is 0.0574 e. The van der Waals surface area contributed by atoms with Crippen molar-refractivity contribution in [2.45, 2.75) is 45.1 Å². The van der Waals surface area contributed by atoms with Gasteiger partial charge in [-0.05, 0) is 58.8 Å². The van der Waals surface area contributed by atoms with Crippen molar-refractivity contribution in [2.75, 3.05) is 0 Å². The quantitative estimate of drug-likeness (QED) is 0.272. The maximum atomic E-state index is 4.24. The van der Waals surface area contributed by atoms with Gasteiger partial charge < -0.3 is 4.57 Å². The highest BCUT2D eigenvalue weighted by molar-refractivity contribution is 6.29. The first-order valence-electron chi connectivity index (χ1n) is 11.3. The van der Waals surface area contributed by atoms with E-state index in [2.05, 4.69) is 84.8 Å². The zero-order valence-corrected chi connectivity index (χ0v) is 17.6. The minimum absolute atomic E-state index is 0.562. The molecule has 0 aliphatic heterocycles. The Bertz CT molecular complexity index is 1420. The molecular formula is C29H27N. The Kier molecular flexibility index (Phi) is 3.99. The van der Waals surface area contributed by atoms with Gasteiger partial charge in [-0.2, -0.15) is 0 Å². The number of hydrogen-bond donors (Lipinski definition) is 0. The van der Waals surface area contributed by atoms with Crippen LogP contribution in [0.5, 0.6) is 0 Å².